The van der Waals surface area contributed by atoms with Gasteiger partial charge in [0.1, 0.15) is 0 Å². The van der Waals surface area contributed by atoms with E-state index in [0.29, 0.717) is 17.2 Å². The quantitative estimate of drug-likeness (QED) is 0.771. The summed E-state index contributed by atoms with van der Waals surface area (Å²) in [5.41, 5.74) is 1.03. The van der Waals surface area contributed by atoms with Crippen LogP contribution in [0.4, 0.5) is 0 Å². The minimum Gasteiger partial charge on any atom is -0.274 e. The van der Waals surface area contributed by atoms with Crippen LogP contribution in [0.15, 0.2) is 58.4 Å². The van der Waals surface area contributed by atoms with E-state index in [9.17, 15) is 13.2 Å². The highest BCUT2D eigenvalue weighted by Gasteiger charge is 2.20. The van der Waals surface area contributed by atoms with Gasteiger partial charge in [-0.25, -0.2) is 13.1 Å². The number of rotatable bonds is 5. The molecule has 23 heavy (non-hydrogen) atoms. The van der Waals surface area contributed by atoms with Crippen molar-refractivity contribution < 1.29 is 13.2 Å². The fourth-order valence-corrected chi connectivity index (χ4v) is 4.22. The van der Waals surface area contributed by atoms with E-state index >= 15 is 0 Å². The number of hydrogen-bond donors (Lipinski definition) is 1. The number of pyridine rings is 1. The Morgan fingerprint density at radius 2 is 2.09 bits per heavy atom. The molecular formula is C16H14N2O3S2. The van der Waals surface area contributed by atoms with Crippen LogP contribution >= 0.6 is 11.3 Å². The molecule has 0 unspecified atom stereocenters. The zero-order valence-electron chi connectivity index (χ0n) is 12.1. The summed E-state index contributed by atoms with van der Waals surface area (Å²) in [6, 6.07) is 8.44. The van der Waals surface area contributed by atoms with Gasteiger partial charge in [-0.15, -0.1) is 0 Å². The molecule has 5 nitrogen and oxygen atoms in total. The number of benzene rings is 1. The maximum atomic E-state index is 12.5. The van der Waals surface area contributed by atoms with Gasteiger partial charge < -0.3 is 0 Å². The summed E-state index contributed by atoms with van der Waals surface area (Å²) in [7, 11) is -3.90. The Morgan fingerprint density at radius 1 is 1.22 bits per heavy atom. The molecule has 0 bridgehead atoms. The van der Waals surface area contributed by atoms with E-state index in [1.54, 1.807) is 35.7 Å². The Bertz CT molecular complexity index is 930. The van der Waals surface area contributed by atoms with Gasteiger partial charge in [-0.05, 0) is 40.9 Å². The summed E-state index contributed by atoms with van der Waals surface area (Å²) in [5.74, 6) is -0.512. The lowest BCUT2D eigenvalue weighted by Crippen LogP contribution is -2.30. The van der Waals surface area contributed by atoms with Gasteiger partial charge in [0.15, 0.2) is 0 Å². The second kappa shape index (κ2) is 6.47. The summed E-state index contributed by atoms with van der Waals surface area (Å²) in [5, 5.41) is 5.12. The Balaban J connectivity index is 1.79. The molecule has 2 heterocycles. The number of aromatic nitrogens is 1. The number of fused-ring (bicyclic) bond motifs is 1. The van der Waals surface area contributed by atoms with Gasteiger partial charge in [0.25, 0.3) is 10.0 Å². The Hall–Kier alpha value is -2.25. The predicted molar refractivity (Wildman–Crippen MR) is 89.7 cm³/mol. The van der Waals surface area contributed by atoms with E-state index in [4.69, 9.17) is 0 Å². The second-order valence-electron chi connectivity index (χ2n) is 5.01. The zero-order chi connectivity index (χ0) is 16.3. The molecule has 0 radical (unpaired) electrons. The van der Waals surface area contributed by atoms with E-state index in [-0.39, 0.29) is 11.3 Å². The molecule has 118 valence electrons. The third-order valence-corrected chi connectivity index (χ3v) is 5.56. The highest BCUT2D eigenvalue weighted by Crippen LogP contribution is 2.21. The molecule has 3 rings (SSSR count). The topological polar surface area (TPSA) is 76.1 Å². The minimum atomic E-state index is -3.90. The van der Waals surface area contributed by atoms with Gasteiger partial charge in [0, 0.05) is 29.6 Å². The molecule has 0 spiro atoms. The van der Waals surface area contributed by atoms with Crippen LogP contribution in [-0.4, -0.2) is 19.3 Å². The number of sulfonamides is 1. The van der Waals surface area contributed by atoms with Gasteiger partial charge in [0.05, 0.1) is 4.90 Å². The van der Waals surface area contributed by atoms with Crippen molar-refractivity contribution in [3.05, 3.63) is 59.0 Å². The highest BCUT2D eigenvalue weighted by molar-refractivity contribution is 7.90. The molecule has 0 saturated carbocycles. The lowest BCUT2D eigenvalue weighted by atomic mass is 10.2. The Morgan fingerprint density at radius 3 is 2.87 bits per heavy atom. The number of thiophene rings is 1. The van der Waals surface area contributed by atoms with Crippen LogP contribution in [0.1, 0.15) is 12.0 Å². The number of nitrogens with one attached hydrogen (secondary N) is 1. The summed E-state index contributed by atoms with van der Waals surface area (Å²) < 4.78 is 27.1. The SMILES string of the molecule is O=C(CCc1ccsc1)NS(=O)(=O)c1cccc2cnccc12. The molecule has 0 atom stereocenters. The van der Waals surface area contributed by atoms with Crippen molar-refractivity contribution >= 4 is 38.0 Å². The van der Waals surface area contributed by atoms with Crippen LogP contribution < -0.4 is 4.72 Å². The van der Waals surface area contributed by atoms with Crippen molar-refractivity contribution in [2.45, 2.75) is 17.7 Å². The first-order valence-corrected chi connectivity index (χ1v) is 9.38. The van der Waals surface area contributed by atoms with Crippen molar-refractivity contribution in [3.8, 4) is 0 Å². The fourth-order valence-electron chi connectivity index (χ4n) is 2.28. The van der Waals surface area contributed by atoms with Crippen LogP contribution in [0.5, 0.6) is 0 Å². The van der Waals surface area contributed by atoms with Crippen molar-refractivity contribution in [2.75, 3.05) is 0 Å². The minimum absolute atomic E-state index is 0.0845. The lowest BCUT2D eigenvalue weighted by molar-refractivity contribution is -0.119. The largest absolute Gasteiger partial charge is 0.274 e. The Kier molecular flexibility index (Phi) is 4.40. The van der Waals surface area contributed by atoms with Crippen LogP contribution in [0.2, 0.25) is 0 Å². The molecule has 0 aliphatic rings. The molecule has 0 aliphatic carbocycles. The first-order valence-electron chi connectivity index (χ1n) is 6.96. The van der Waals surface area contributed by atoms with E-state index in [0.717, 1.165) is 5.56 Å². The van der Waals surface area contributed by atoms with Crippen LogP contribution in [0.3, 0.4) is 0 Å². The number of carbonyl (C=O) groups is 1. The van der Waals surface area contributed by atoms with E-state index in [1.807, 2.05) is 16.8 Å². The molecule has 7 heteroatoms. The Labute approximate surface area is 138 Å². The van der Waals surface area contributed by atoms with Crippen LogP contribution in [-0.2, 0) is 21.2 Å². The molecule has 2 aromatic heterocycles. The van der Waals surface area contributed by atoms with Crippen molar-refractivity contribution in [1.29, 1.82) is 0 Å². The number of aryl methyl sites for hydroxylation is 1. The monoisotopic (exact) mass is 346 g/mol. The lowest BCUT2D eigenvalue weighted by Gasteiger charge is -2.09. The molecular weight excluding hydrogens is 332 g/mol. The second-order valence-corrected chi connectivity index (χ2v) is 7.44. The average molecular weight is 346 g/mol. The smallest absolute Gasteiger partial charge is 0.264 e. The van der Waals surface area contributed by atoms with Crippen LogP contribution in [0.25, 0.3) is 10.8 Å². The van der Waals surface area contributed by atoms with E-state index in [1.165, 1.54) is 12.3 Å². The normalized spacial score (nSPS) is 11.5. The van der Waals surface area contributed by atoms with Crippen molar-refractivity contribution in [1.82, 2.24) is 9.71 Å². The average Bonchev–Trinajstić information content (AvgIpc) is 3.05. The summed E-state index contributed by atoms with van der Waals surface area (Å²) in [6.07, 6.45) is 3.76. The number of carbonyl (C=O) groups excluding carboxylic acids is 1. The standard InChI is InChI=1S/C16H14N2O3S2/c19-16(5-4-12-7-9-22-11-12)18-23(20,21)15-3-1-2-13-10-17-8-6-14(13)15/h1-3,6-11H,4-5H2,(H,18,19). The van der Waals surface area contributed by atoms with E-state index in [2.05, 4.69) is 9.71 Å². The fraction of sp³-hybridized carbons (Fsp3) is 0.125. The third-order valence-electron chi connectivity index (χ3n) is 3.40. The molecule has 0 aliphatic heterocycles. The van der Waals surface area contributed by atoms with Crippen LogP contribution in [0, 0.1) is 0 Å². The zero-order valence-corrected chi connectivity index (χ0v) is 13.7. The maximum Gasteiger partial charge on any atom is 0.264 e. The van der Waals surface area contributed by atoms with Crippen molar-refractivity contribution in [2.24, 2.45) is 0 Å². The first kappa shape index (κ1) is 15.6. The first-order chi connectivity index (χ1) is 11.1. The highest BCUT2D eigenvalue weighted by atomic mass is 32.2. The van der Waals surface area contributed by atoms with Gasteiger partial charge in [-0.2, -0.15) is 11.3 Å². The van der Waals surface area contributed by atoms with Gasteiger partial charge in [-0.3, -0.25) is 9.78 Å². The van der Waals surface area contributed by atoms with Gasteiger partial charge >= 0.3 is 0 Å². The molecule has 3 aromatic rings. The number of nitrogens with zero attached hydrogens (tertiary/aromatic N) is 1. The number of amides is 1. The molecule has 1 N–H and O–H groups in total. The summed E-state index contributed by atoms with van der Waals surface area (Å²) in [4.78, 5) is 16.0. The third kappa shape index (κ3) is 3.57. The van der Waals surface area contributed by atoms with Gasteiger partial charge in [-0.1, -0.05) is 12.1 Å². The summed E-state index contributed by atoms with van der Waals surface area (Å²) >= 11 is 1.55. The molecule has 1 aromatic carbocycles. The van der Waals surface area contributed by atoms with Gasteiger partial charge in [0.2, 0.25) is 5.91 Å². The molecule has 0 fully saturated rings. The maximum absolute atomic E-state index is 12.5. The van der Waals surface area contributed by atoms with E-state index < -0.39 is 15.9 Å². The molecule has 1 amide bonds. The number of hydrogen-bond acceptors (Lipinski definition) is 5. The molecule has 0 saturated heterocycles. The predicted octanol–water partition coefficient (Wildman–Crippen LogP) is 2.73. The summed E-state index contributed by atoms with van der Waals surface area (Å²) in [6.45, 7) is 0. The van der Waals surface area contributed by atoms with Crippen molar-refractivity contribution in [3.63, 3.8) is 0 Å².